The lowest BCUT2D eigenvalue weighted by molar-refractivity contribution is -0.146. The summed E-state index contributed by atoms with van der Waals surface area (Å²) < 4.78 is 11.2. The second kappa shape index (κ2) is 5.14. The molecule has 0 aromatic carbocycles. The number of hydrogen-bond donors (Lipinski definition) is 0. The fourth-order valence-corrected chi connectivity index (χ4v) is 3.51. The van der Waals surface area contributed by atoms with Crippen LogP contribution in [0.1, 0.15) is 26.2 Å². The Morgan fingerprint density at radius 2 is 2.12 bits per heavy atom. The van der Waals surface area contributed by atoms with Gasteiger partial charge in [0.05, 0.1) is 18.6 Å². The molecule has 0 bridgehead atoms. The van der Waals surface area contributed by atoms with Crippen molar-refractivity contribution >= 4 is 14.3 Å². The first-order valence-electron chi connectivity index (χ1n) is 5.90. The predicted molar refractivity (Wildman–Crippen MR) is 66.8 cm³/mol. The topological polar surface area (TPSA) is 35.5 Å². The summed E-state index contributed by atoms with van der Waals surface area (Å²) in [7, 11) is -1.64. The molecule has 1 rings (SSSR count). The molecule has 0 aromatic rings. The van der Waals surface area contributed by atoms with Gasteiger partial charge in [0, 0.05) is 0 Å². The SMILES string of the molecule is CCOC(=O)CC1(O[Si](C)(C)C)C=CCC1. The van der Waals surface area contributed by atoms with Gasteiger partial charge in [-0.05, 0) is 39.4 Å². The number of carbonyl (C=O) groups is 1. The van der Waals surface area contributed by atoms with Gasteiger partial charge in [-0.25, -0.2) is 0 Å². The highest BCUT2D eigenvalue weighted by molar-refractivity contribution is 6.69. The molecule has 0 fully saturated rings. The smallest absolute Gasteiger partial charge is 0.309 e. The van der Waals surface area contributed by atoms with Gasteiger partial charge in [0.2, 0.25) is 0 Å². The lowest BCUT2D eigenvalue weighted by Gasteiger charge is -2.34. The minimum Gasteiger partial charge on any atom is -0.466 e. The van der Waals surface area contributed by atoms with Gasteiger partial charge < -0.3 is 9.16 Å². The Kier molecular flexibility index (Phi) is 4.33. The van der Waals surface area contributed by atoms with Gasteiger partial charge in [-0.1, -0.05) is 12.2 Å². The van der Waals surface area contributed by atoms with Crippen molar-refractivity contribution in [3.05, 3.63) is 12.2 Å². The second-order valence-corrected chi connectivity index (χ2v) is 9.63. The van der Waals surface area contributed by atoms with Gasteiger partial charge in [-0.2, -0.15) is 0 Å². The number of hydrogen-bond acceptors (Lipinski definition) is 3. The quantitative estimate of drug-likeness (QED) is 0.422. The highest BCUT2D eigenvalue weighted by atomic mass is 28.4. The van der Waals surface area contributed by atoms with Gasteiger partial charge in [0.15, 0.2) is 8.32 Å². The van der Waals surface area contributed by atoms with Crippen molar-refractivity contribution in [1.29, 1.82) is 0 Å². The maximum atomic E-state index is 11.6. The van der Waals surface area contributed by atoms with Gasteiger partial charge in [-0.15, -0.1) is 0 Å². The molecule has 0 N–H and O–H groups in total. The lowest BCUT2D eigenvalue weighted by Crippen LogP contribution is -2.42. The molecule has 1 aliphatic carbocycles. The summed E-state index contributed by atoms with van der Waals surface area (Å²) >= 11 is 0. The second-order valence-electron chi connectivity index (χ2n) is 5.20. The van der Waals surface area contributed by atoms with E-state index in [2.05, 4.69) is 25.7 Å². The van der Waals surface area contributed by atoms with E-state index in [9.17, 15) is 4.79 Å². The number of carbonyl (C=O) groups excluding carboxylic acids is 1. The number of rotatable bonds is 5. The molecular weight excluding hydrogens is 220 g/mol. The molecule has 4 heteroatoms. The van der Waals surface area contributed by atoms with Crippen molar-refractivity contribution in [2.45, 2.75) is 51.4 Å². The fourth-order valence-electron chi connectivity index (χ4n) is 2.04. The average molecular weight is 242 g/mol. The molecule has 0 heterocycles. The van der Waals surface area contributed by atoms with Crippen LogP contribution >= 0.6 is 0 Å². The van der Waals surface area contributed by atoms with Crippen LogP contribution in [0.15, 0.2) is 12.2 Å². The molecule has 1 unspecified atom stereocenters. The summed E-state index contributed by atoms with van der Waals surface area (Å²) in [6, 6.07) is 0. The van der Waals surface area contributed by atoms with Crippen molar-refractivity contribution in [3.63, 3.8) is 0 Å². The molecule has 3 nitrogen and oxygen atoms in total. The van der Waals surface area contributed by atoms with E-state index in [4.69, 9.17) is 9.16 Å². The first-order chi connectivity index (χ1) is 7.37. The molecule has 1 aliphatic rings. The zero-order valence-corrected chi connectivity index (χ0v) is 11.7. The van der Waals surface area contributed by atoms with E-state index in [-0.39, 0.29) is 5.97 Å². The highest BCUT2D eigenvalue weighted by Crippen LogP contribution is 2.33. The van der Waals surface area contributed by atoms with E-state index >= 15 is 0 Å². The van der Waals surface area contributed by atoms with Crippen LogP contribution < -0.4 is 0 Å². The van der Waals surface area contributed by atoms with Crippen molar-refractivity contribution < 1.29 is 14.0 Å². The third-order valence-corrected chi connectivity index (χ3v) is 3.43. The zero-order valence-electron chi connectivity index (χ0n) is 10.7. The maximum Gasteiger partial charge on any atom is 0.309 e. The van der Waals surface area contributed by atoms with Crippen molar-refractivity contribution in [1.82, 2.24) is 0 Å². The van der Waals surface area contributed by atoms with Crippen LogP contribution in [-0.4, -0.2) is 26.5 Å². The first kappa shape index (κ1) is 13.5. The number of ether oxygens (including phenoxy) is 1. The van der Waals surface area contributed by atoms with E-state index in [1.54, 1.807) is 0 Å². The molecule has 0 radical (unpaired) electrons. The van der Waals surface area contributed by atoms with Crippen LogP contribution in [0.4, 0.5) is 0 Å². The van der Waals surface area contributed by atoms with Crippen molar-refractivity contribution in [3.8, 4) is 0 Å². The molecule has 0 aromatic heterocycles. The van der Waals surface area contributed by atoms with E-state index in [1.165, 1.54) is 0 Å². The van der Waals surface area contributed by atoms with Crippen molar-refractivity contribution in [2.75, 3.05) is 6.61 Å². The van der Waals surface area contributed by atoms with Crippen LogP contribution in [0, 0.1) is 0 Å². The van der Waals surface area contributed by atoms with Crippen LogP contribution in [0.3, 0.4) is 0 Å². The molecule has 0 aliphatic heterocycles. The summed E-state index contributed by atoms with van der Waals surface area (Å²) in [5.41, 5.74) is -0.392. The van der Waals surface area contributed by atoms with E-state index in [0.29, 0.717) is 13.0 Å². The summed E-state index contributed by atoms with van der Waals surface area (Å²) in [5.74, 6) is -0.160. The number of allylic oxidation sites excluding steroid dienone is 1. The largest absolute Gasteiger partial charge is 0.466 e. The van der Waals surface area contributed by atoms with E-state index in [1.807, 2.05) is 13.0 Å². The van der Waals surface area contributed by atoms with Crippen LogP contribution in [-0.2, 0) is 14.0 Å². The molecule has 0 amide bonds. The van der Waals surface area contributed by atoms with Gasteiger partial charge in [0.25, 0.3) is 0 Å². The molecule has 1 atom stereocenters. The standard InChI is InChI=1S/C12H22O3Si/c1-5-14-11(13)10-12(8-6-7-9-12)15-16(2,3)4/h6,8H,5,7,9-10H2,1-4H3. The molecular formula is C12H22O3Si. The Morgan fingerprint density at radius 1 is 1.44 bits per heavy atom. The van der Waals surface area contributed by atoms with Crippen molar-refractivity contribution in [2.24, 2.45) is 0 Å². The highest BCUT2D eigenvalue weighted by Gasteiger charge is 2.37. The van der Waals surface area contributed by atoms with E-state index in [0.717, 1.165) is 12.8 Å². The average Bonchev–Trinajstić information content (AvgIpc) is 2.49. The minimum absolute atomic E-state index is 0.160. The first-order valence-corrected chi connectivity index (χ1v) is 9.31. The van der Waals surface area contributed by atoms with Gasteiger partial charge >= 0.3 is 5.97 Å². The molecule has 0 saturated carbocycles. The fraction of sp³-hybridized carbons (Fsp3) is 0.750. The molecule has 0 spiro atoms. The van der Waals surface area contributed by atoms with Crippen LogP contribution in [0.2, 0.25) is 19.6 Å². The zero-order chi connectivity index (χ0) is 12.2. The molecule has 92 valence electrons. The van der Waals surface area contributed by atoms with Gasteiger partial charge in [0.1, 0.15) is 0 Å². The van der Waals surface area contributed by atoms with Crippen LogP contribution in [0.25, 0.3) is 0 Å². The Balaban J connectivity index is 2.66. The summed E-state index contributed by atoms with van der Waals surface area (Å²) in [6.45, 7) is 8.70. The Labute approximate surface area is 99.0 Å². The molecule has 0 saturated heterocycles. The van der Waals surface area contributed by atoms with Gasteiger partial charge in [-0.3, -0.25) is 4.79 Å². The summed E-state index contributed by atoms with van der Waals surface area (Å²) in [5, 5.41) is 0. The monoisotopic (exact) mass is 242 g/mol. The Hall–Kier alpha value is -0.613. The summed E-state index contributed by atoms with van der Waals surface area (Å²) in [4.78, 5) is 11.6. The third-order valence-electron chi connectivity index (χ3n) is 2.41. The molecule has 16 heavy (non-hydrogen) atoms. The maximum absolute atomic E-state index is 11.6. The lowest BCUT2D eigenvalue weighted by atomic mass is 10.00. The summed E-state index contributed by atoms with van der Waals surface area (Å²) in [6.07, 6.45) is 6.38. The Bertz CT molecular complexity index is 280. The number of esters is 1. The Morgan fingerprint density at radius 3 is 2.56 bits per heavy atom. The predicted octanol–water partition coefficient (Wildman–Crippen LogP) is 2.88. The minimum atomic E-state index is -1.64. The third kappa shape index (κ3) is 4.10. The normalized spacial score (nSPS) is 24.8. The van der Waals surface area contributed by atoms with Crippen LogP contribution in [0.5, 0.6) is 0 Å². The van der Waals surface area contributed by atoms with E-state index < -0.39 is 13.9 Å².